The van der Waals surface area contributed by atoms with Crippen molar-refractivity contribution in [3.05, 3.63) is 58.2 Å². The van der Waals surface area contributed by atoms with Crippen LogP contribution in [0.1, 0.15) is 12.5 Å². The standard InChI is InChI=1S/C16H14Cl2N4S/c1-2-22-15(14-5-3-4-8-19-14)20-21-16(22)23-10-11-6-7-12(17)9-13(11)18/h3-9H,2,10H2,1H3. The van der Waals surface area contributed by atoms with Crippen molar-refractivity contribution in [3.8, 4) is 11.5 Å². The van der Waals surface area contributed by atoms with Crippen molar-refractivity contribution in [1.82, 2.24) is 19.7 Å². The average Bonchev–Trinajstić information content (AvgIpc) is 2.98. The van der Waals surface area contributed by atoms with Crippen LogP contribution in [0.3, 0.4) is 0 Å². The van der Waals surface area contributed by atoms with E-state index < -0.39 is 0 Å². The van der Waals surface area contributed by atoms with E-state index in [4.69, 9.17) is 23.2 Å². The fraction of sp³-hybridized carbons (Fsp3) is 0.188. The molecule has 3 rings (SSSR count). The number of benzene rings is 1. The minimum atomic E-state index is 0.637. The summed E-state index contributed by atoms with van der Waals surface area (Å²) in [5.74, 6) is 1.48. The molecule has 0 spiro atoms. The highest BCUT2D eigenvalue weighted by Crippen LogP contribution is 2.29. The lowest BCUT2D eigenvalue weighted by atomic mass is 10.2. The lowest BCUT2D eigenvalue weighted by Crippen LogP contribution is -2.00. The maximum Gasteiger partial charge on any atom is 0.191 e. The van der Waals surface area contributed by atoms with Crippen LogP contribution in [0, 0.1) is 0 Å². The summed E-state index contributed by atoms with van der Waals surface area (Å²) < 4.78 is 2.05. The predicted molar refractivity (Wildman–Crippen MR) is 95.0 cm³/mol. The Morgan fingerprint density at radius 3 is 2.70 bits per heavy atom. The predicted octanol–water partition coefficient (Wildman–Crippen LogP) is 4.96. The molecule has 0 bridgehead atoms. The number of halogens is 2. The maximum absolute atomic E-state index is 6.22. The summed E-state index contributed by atoms with van der Waals surface area (Å²) >= 11 is 13.7. The highest BCUT2D eigenvalue weighted by molar-refractivity contribution is 7.98. The molecule has 0 aliphatic heterocycles. The van der Waals surface area contributed by atoms with Gasteiger partial charge in [0, 0.05) is 28.5 Å². The van der Waals surface area contributed by atoms with Gasteiger partial charge in [0.1, 0.15) is 5.69 Å². The Kier molecular flexibility index (Phi) is 5.20. The number of aromatic nitrogens is 4. The van der Waals surface area contributed by atoms with E-state index in [1.54, 1.807) is 24.0 Å². The van der Waals surface area contributed by atoms with Crippen LogP contribution < -0.4 is 0 Å². The van der Waals surface area contributed by atoms with Gasteiger partial charge >= 0.3 is 0 Å². The Morgan fingerprint density at radius 1 is 1.13 bits per heavy atom. The molecule has 0 aliphatic carbocycles. The third-order valence-corrected chi connectivity index (χ3v) is 4.90. The summed E-state index contributed by atoms with van der Waals surface area (Å²) in [7, 11) is 0. The Hall–Kier alpha value is -1.56. The molecular formula is C16H14Cl2N4S. The topological polar surface area (TPSA) is 43.6 Å². The smallest absolute Gasteiger partial charge is 0.191 e. The van der Waals surface area contributed by atoms with Gasteiger partial charge in [0.2, 0.25) is 0 Å². The Balaban J connectivity index is 1.82. The summed E-state index contributed by atoms with van der Waals surface area (Å²) in [4.78, 5) is 4.34. The second kappa shape index (κ2) is 7.34. The van der Waals surface area contributed by atoms with Gasteiger partial charge in [-0.05, 0) is 36.8 Å². The number of hydrogen-bond donors (Lipinski definition) is 0. The third-order valence-electron chi connectivity index (χ3n) is 3.30. The fourth-order valence-corrected chi connectivity index (χ4v) is 3.71. The van der Waals surface area contributed by atoms with E-state index in [-0.39, 0.29) is 0 Å². The molecule has 4 nitrogen and oxygen atoms in total. The van der Waals surface area contributed by atoms with Gasteiger partial charge in [-0.15, -0.1) is 10.2 Å². The Morgan fingerprint density at radius 2 is 2.00 bits per heavy atom. The second-order valence-electron chi connectivity index (χ2n) is 4.79. The van der Waals surface area contributed by atoms with E-state index in [1.165, 1.54) is 0 Å². The first kappa shape index (κ1) is 16.3. The van der Waals surface area contributed by atoms with Crippen LogP contribution in [-0.4, -0.2) is 19.7 Å². The highest BCUT2D eigenvalue weighted by atomic mass is 35.5. The van der Waals surface area contributed by atoms with Crippen LogP contribution in [0.5, 0.6) is 0 Å². The van der Waals surface area contributed by atoms with Gasteiger partial charge < -0.3 is 4.57 Å². The van der Waals surface area contributed by atoms with Crippen LogP contribution in [0.2, 0.25) is 10.0 Å². The molecule has 3 aromatic rings. The maximum atomic E-state index is 6.22. The number of nitrogens with zero attached hydrogens (tertiary/aromatic N) is 4. The van der Waals surface area contributed by atoms with Gasteiger partial charge in [-0.2, -0.15) is 0 Å². The van der Waals surface area contributed by atoms with Crippen molar-refractivity contribution < 1.29 is 0 Å². The first-order valence-corrected chi connectivity index (χ1v) is 8.84. The van der Waals surface area contributed by atoms with Crippen molar-refractivity contribution in [1.29, 1.82) is 0 Å². The minimum Gasteiger partial charge on any atom is -0.301 e. The van der Waals surface area contributed by atoms with Crippen molar-refractivity contribution in [2.24, 2.45) is 0 Å². The molecule has 2 heterocycles. The normalized spacial score (nSPS) is 10.9. The molecule has 0 fully saturated rings. The molecule has 2 aromatic heterocycles. The molecule has 118 valence electrons. The van der Waals surface area contributed by atoms with Gasteiger partial charge in [-0.25, -0.2) is 0 Å². The summed E-state index contributed by atoms with van der Waals surface area (Å²) in [5, 5.41) is 10.7. The molecular weight excluding hydrogens is 351 g/mol. The summed E-state index contributed by atoms with van der Waals surface area (Å²) in [6, 6.07) is 11.3. The van der Waals surface area contributed by atoms with Crippen LogP contribution in [0.15, 0.2) is 47.8 Å². The molecule has 0 atom stereocenters. The van der Waals surface area contributed by atoms with Crippen molar-refractivity contribution in [2.75, 3.05) is 0 Å². The van der Waals surface area contributed by atoms with Crippen LogP contribution in [0.25, 0.3) is 11.5 Å². The third kappa shape index (κ3) is 3.68. The lowest BCUT2D eigenvalue weighted by Gasteiger charge is -2.07. The first-order chi connectivity index (χ1) is 11.2. The van der Waals surface area contributed by atoms with Gasteiger partial charge in [-0.1, -0.05) is 47.1 Å². The van der Waals surface area contributed by atoms with Gasteiger partial charge in [-0.3, -0.25) is 4.98 Å². The van der Waals surface area contributed by atoms with Crippen LogP contribution in [-0.2, 0) is 12.3 Å². The zero-order valence-electron chi connectivity index (χ0n) is 12.4. The summed E-state index contributed by atoms with van der Waals surface area (Å²) in [5.41, 5.74) is 1.84. The zero-order chi connectivity index (χ0) is 16.2. The van der Waals surface area contributed by atoms with Crippen LogP contribution >= 0.6 is 35.0 Å². The van der Waals surface area contributed by atoms with Gasteiger partial charge in [0.15, 0.2) is 11.0 Å². The van der Waals surface area contributed by atoms with E-state index in [0.717, 1.165) is 28.8 Å². The molecule has 1 aromatic carbocycles. The molecule has 23 heavy (non-hydrogen) atoms. The number of pyridine rings is 1. The zero-order valence-corrected chi connectivity index (χ0v) is 14.7. The molecule has 7 heteroatoms. The van der Waals surface area contributed by atoms with E-state index in [2.05, 4.69) is 26.7 Å². The summed E-state index contributed by atoms with van der Waals surface area (Å²) in [6.07, 6.45) is 1.75. The van der Waals surface area contributed by atoms with E-state index >= 15 is 0 Å². The van der Waals surface area contributed by atoms with Crippen LogP contribution in [0.4, 0.5) is 0 Å². The van der Waals surface area contributed by atoms with Crippen molar-refractivity contribution >= 4 is 35.0 Å². The monoisotopic (exact) mass is 364 g/mol. The van der Waals surface area contributed by atoms with E-state index in [9.17, 15) is 0 Å². The largest absolute Gasteiger partial charge is 0.301 e. The Bertz CT molecular complexity index is 805. The molecule has 0 amide bonds. The molecule has 0 aliphatic rings. The van der Waals surface area contributed by atoms with E-state index in [0.29, 0.717) is 15.8 Å². The lowest BCUT2D eigenvalue weighted by molar-refractivity contribution is 0.686. The number of hydrogen-bond acceptors (Lipinski definition) is 4. The quantitative estimate of drug-likeness (QED) is 0.600. The molecule has 0 N–H and O–H groups in total. The highest BCUT2D eigenvalue weighted by Gasteiger charge is 2.14. The number of rotatable bonds is 5. The summed E-state index contributed by atoms with van der Waals surface area (Å²) in [6.45, 7) is 2.84. The molecule has 0 unspecified atom stereocenters. The minimum absolute atomic E-state index is 0.637. The van der Waals surface area contributed by atoms with E-state index in [1.807, 2.05) is 30.3 Å². The Labute approximate surface area is 148 Å². The first-order valence-electron chi connectivity index (χ1n) is 7.10. The van der Waals surface area contributed by atoms with Crippen molar-refractivity contribution in [2.45, 2.75) is 24.4 Å². The average molecular weight is 365 g/mol. The van der Waals surface area contributed by atoms with Gasteiger partial charge in [0.25, 0.3) is 0 Å². The molecule has 0 radical (unpaired) electrons. The SMILES string of the molecule is CCn1c(SCc2ccc(Cl)cc2Cl)nnc1-c1ccccn1. The second-order valence-corrected chi connectivity index (χ2v) is 6.58. The molecule has 0 saturated heterocycles. The molecule has 0 saturated carbocycles. The fourth-order valence-electron chi connectivity index (χ4n) is 2.15. The van der Waals surface area contributed by atoms with Crippen molar-refractivity contribution in [3.63, 3.8) is 0 Å². The van der Waals surface area contributed by atoms with Gasteiger partial charge in [0.05, 0.1) is 0 Å². The number of thioether (sulfide) groups is 1.